The van der Waals surface area contributed by atoms with E-state index in [-0.39, 0.29) is 11.1 Å². The van der Waals surface area contributed by atoms with Crippen LogP contribution < -0.4 is 0 Å². The van der Waals surface area contributed by atoms with E-state index in [4.69, 9.17) is 9.47 Å². The summed E-state index contributed by atoms with van der Waals surface area (Å²) in [4.78, 5) is 29.1. The van der Waals surface area contributed by atoms with Gasteiger partial charge in [0.25, 0.3) is 0 Å². The molecule has 0 spiro atoms. The van der Waals surface area contributed by atoms with Gasteiger partial charge in [-0.25, -0.2) is 9.28 Å². The zero-order valence-electron chi connectivity index (χ0n) is 17.8. The Morgan fingerprint density at radius 1 is 1.00 bits per heavy atom. The number of carbonyl (C=O) groups is 2. The Hall–Kier alpha value is -3.12. The van der Waals surface area contributed by atoms with E-state index in [9.17, 15) is 9.59 Å². The maximum absolute atomic E-state index is 13.1. The molecule has 2 aromatic carbocycles. The minimum atomic E-state index is -0.739. The van der Waals surface area contributed by atoms with Crippen LogP contribution in [0.4, 0.5) is 4.79 Å². The maximum Gasteiger partial charge on any atom is 0.516 e. The Morgan fingerprint density at radius 3 is 2.43 bits per heavy atom. The second-order valence-electron chi connectivity index (χ2n) is 7.83. The van der Waals surface area contributed by atoms with Crippen LogP contribution in [0.25, 0.3) is 10.9 Å². The van der Waals surface area contributed by atoms with Crippen LogP contribution in [-0.4, -0.2) is 48.3 Å². The highest BCUT2D eigenvalue weighted by Crippen LogP contribution is 2.24. The van der Waals surface area contributed by atoms with Crippen LogP contribution in [0.1, 0.15) is 24.5 Å². The van der Waals surface area contributed by atoms with Gasteiger partial charge in [0.1, 0.15) is 6.61 Å². The fraction of sp³-hybridized carbons (Fsp3) is 0.333. The van der Waals surface area contributed by atoms with Crippen molar-refractivity contribution >= 4 is 23.0 Å². The number of nitrogens with zero attached hydrogens (tertiary/aromatic N) is 1. The molecule has 1 unspecified atom stereocenters. The molecule has 1 atom stereocenters. The van der Waals surface area contributed by atoms with Crippen molar-refractivity contribution in [3.05, 3.63) is 71.9 Å². The van der Waals surface area contributed by atoms with Crippen LogP contribution in [0.15, 0.2) is 60.8 Å². The number of quaternary nitrogens is 1. The topological polar surface area (TPSA) is 68.4 Å². The Balaban J connectivity index is 1.85. The van der Waals surface area contributed by atoms with Crippen LogP contribution in [0, 0.1) is 0 Å². The number of aromatic nitrogens is 1. The summed E-state index contributed by atoms with van der Waals surface area (Å²) in [6, 6.07) is 16.7. The summed E-state index contributed by atoms with van der Waals surface area (Å²) >= 11 is 0. The number of para-hydroxylation sites is 1. The lowest BCUT2D eigenvalue weighted by molar-refractivity contribution is -0.834. The van der Waals surface area contributed by atoms with Gasteiger partial charge in [0, 0.05) is 23.5 Å². The van der Waals surface area contributed by atoms with E-state index < -0.39 is 18.1 Å². The molecule has 0 radical (unpaired) electrons. The Labute approximate surface area is 177 Å². The van der Waals surface area contributed by atoms with Crippen molar-refractivity contribution in [2.45, 2.75) is 32.4 Å². The van der Waals surface area contributed by atoms with Gasteiger partial charge in [-0.1, -0.05) is 55.5 Å². The highest BCUT2D eigenvalue weighted by molar-refractivity contribution is 5.84. The van der Waals surface area contributed by atoms with Crippen molar-refractivity contribution in [1.82, 2.24) is 4.98 Å². The van der Waals surface area contributed by atoms with Crippen molar-refractivity contribution in [3.8, 4) is 0 Å². The molecule has 3 aromatic rings. The molecule has 1 heterocycles. The van der Waals surface area contributed by atoms with E-state index in [1.807, 2.05) is 67.7 Å². The first kappa shape index (κ1) is 21.6. The maximum atomic E-state index is 13.1. The second kappa shape index (κ2) is 9.59. The first-order valence-electron chi connectivity index (χ1n) is 10.2. The molecule has 0 saturated carbocycles. The molecule has 1 N–H and O–H groups in total. The van der Waals surface area contributed by atoms with Crippen molar-refractivity contribution in [2.75, 3.05) is 20.7 Å². The predicted molar refractivity (Wildman–Crippen MR) is 116 cm³/mol. The number of ether oxygens (including phenoxy) is 2. The molecule has 0 saturated heterocycles. The Bertz CT molecular complexity index is 995. The lowest BCUT2D eigenvalue weighted by Gasteiger charge is -2.32. The summed E-state index contributed by atoms with van der Waals surface area (Å²) in [5.41, 5.74) is 2.85. The van der Waals surface area contributed by atoms with Gasteiger partial charge in [-0.05, 0) is 23.6 Å². The number of fused-ring (bicyclic) bond motifs is 1. The summed E-state index contributed by atoms with van der Waals surface area (Å²) in [6.07, 6.45) is 2.52. The fourth-order valence-corrected chi connectivity index (χ4v) is 3.39. The molecule has 0 fully saturated rings. The average Bonchev–Trinajstić information content (AvgIpc) is 3.17. The molecule has 0 bridgehead atoms. The number of hydrogen-bond acceptors (Lipinski definition) is 4. The molecule has 6 nitrogen and oxygen atoms in total. The van der Waals surface area contributed by atoms with E-state index in [2.05, 4.69) is 4.98 Å². The van der Waals surface area contributed by atoms with Gasteiger partial charge in [0.15, 0.2) is 0 Å². The first-order valence-corrected chi connectivity index (χ1v) is 10.2. The minimum Gasteiger partial charge on any atom is -0.456 e. The van der Waals surface area contributed by atoms with Crippen LogP contribution >= 0.6 is 0 Å². The molecular weight excluding hydrogens is 380 g/mol. The highest BCUT2D eigenvalue weighted by atomic mass is 16.6. The van der Waals surface area contributed by atoms with Crippen molar-refractivity contribution < 1.29 is 23.5 Å². The molecule has 0 aliphatic heterocycles. The molecule has 6 heteroatoms. The summed E-state index contributed by atoms with van der Waals surface area (Å²) in [5, 5.41) is 1.03. The molecule has 0 aliphatic rings. The molecule has 3 rings (SSSR count). The zero-order valence-corrected chi connectivity index (χ0v) is 17.8. The van der Waals surface area contributed by atoms with Crippen LogP contribution in [0.3, 0.4) is 0 Å². The number of benzene rings is 2. The smallest absolute Gasteiger partial charge is 0.456 e. The second-order valence-corrected chi connectivity index (χ2v) is 7.83. The first-order chi connectivity index (χ1) is 14.4. The quantitative estimate of drug-likeness (QED) is 0.441. The van der Waals surface area contributed by atoms with E-state index in [0.717, 1.165) is 28.5 Å². The molecule has 1 aromatic heterocycles. The zero-order chi connectivity index (χ0) is 21.6. The predicted octanol–water partition coefficient (Wildman–Crippen LogP) is 4.45. The summed E-state index contributed by atoms with van der Waals surface area (Å²) < 4.78 is 10.8. The number of aromatic amines is 1. The third-order valence-electron chi connectivity index (χ3n) is 5.26. The van der Waals surface area contributed by atoms with Gasteiger partial charge in [-0.15, -0.1) is 0 Å². The third-order valence-corrected chi connectivity index (χ3v) is 5.26. The molecule has 1 amide bonds. The number of H-pyrrole nitrogens is 1. The van der Waals surface area contributed by atoms with E-state index in [1.54, 1.807) is 14.1 Å². The summed E-state index contributed by atoms with van der Waals surface area (Å²) in [5.74, 6) is -0.428. The van der Waals surface area contributed by atoms with Gasteiger partial charge < -0.3 is 14.5 Å². The normalized spacial score (nSPS) is 12.5. The van der Waals surface area contributed by atoms with Crippen molar-refractivity contribution in [3.63, 3.8) is 0 Å². The average molecular weight is 410 g/mol. The highest BCUT2D eigenvalue weighted by Gasteiger charge is 2.44. The third kappa shape index (κ3) is 4.89. The van der Waals surface area contributed by atoms with Crippen LogP contribution in [0.2, 0.25) is 0 Å². The standard InChI is InChI=1S/C24H29N2O4/c1-4-14-29-24(28)26(2,3)22(23(27)30-17-18-10-6-5-7-11-18)15-19-16-25-21-13-9-8-12-20(19)21/h5-13,16,22,25H,4,14-15,17H2,1-3H3/q+1. The fourth-order valence-electron chi connectivity index (χ4n) is 3.39. The van der Waals surface area contributed by atoms with E-state index >= 15 is 0 Å². The number of amides is 1. The SMILES string of the molecule is CCCOC(=O)[N+](C)(C)C(Cc1c[nH]c2ccccc12)C(=O)OCc1ccccc1. The summed E-state index contributed by atoms with van der Waals surface area (Å²) in [6.45, 7) is 2.41. The number of hydrogen-bond donors (Lipinski definition) is 1. The number of carbonyl (C=O) groups excluding carboxylic acids is 2. The Kier molecular flexibility index (Phi) is 6.90. The molecular formula is C24H29N2O4+. The lowest BCUT2D eigenvalue weighted by atomic mass is 10.0. The van der Waals surface area contributed by atoms with E-state index in [1.165, 1.54) is 0 Å². The van der Waals surface area contributed by atoms with Gasteiger partial charge in [0.05, 0.1) is 20.7 Å². The van der Waals surface area contributed by atoms with Crippen LogP contribution in [-0.2, 0) is 27.3 Å². The van der Waals surface area contributed by atoms with Crippen LogP contribution in [0.5, 0.6) is 0 Å². The molecule has 30 heavy (non-hydrogen) atoms. The summed E-state index contributed by atoms with van der Waals surface area (Å²) in [7, 11) is 3.39. The monoisotopic (exact) mass is 409 g/mol. The number of likely N-dealkylation sites (N-methyl/N-ethyl adjacent to an activating group) is 1. The van der Waals surface area contributed by atoms with Gasteiger partial charge >= 0.3 is 12.1 Å². The number of esters is 1. The Morgan fingerprint density at radius 2 is 1.70 bits per heavy atom. The van der Waals surface area contributed by atoms with Gasteiger partial charge in [0.2, 0.25) is 6.04 Å². The lowest BCUT2D eigenvalue weighted by Crippen LogP contribution is -2.58. The van der Waals surface area contributed by atoms with Crippen molar-refractivity contribution in [2.24, 2.45) is 0 Å². The van der Waals surface area contributed by atoms with E-state index in [0.29, 0.717) is 13.0 Å². The number of nitrogens with one attached hydrogen (secondary N) is 1. The minimum absolute atomic E-state index is 0.161. The molecule has 158 valence electrons. The molecule has 0 aliphatic carbocycles. The number of rotatable bonds is 8. The van der Waals surface area contributed by atoms with Crippen molar-refractivity contribution in [1.29, 1.82) is 0 Å². The van der Waals surface area contributed by atoms with Gasteiger partial charge in [-0.2, -0.15) is 4.79 Å². The largest absolute Gasteiger partial charge is 0.516 e. The van der Waals surface area contributed by atoms with Gasteiger partial charge in [-0.3, -0.25) is 0 Å².